The Balaban J connectivity index is 3.01. The molecule has 0 saturated heterocycles. The summed E-state index contributed by atoms with van der Waals surface area (Å²) in [6.07, 6.45) is 1.10. The molecular weight excluding hydrogens is 198 g/mol. The average molecular weight is 221 g/mol. The van der Waals surface area contributed by atoms with E-state index in [0.717, 1.165) is 30.0 Å². The highest BCUT2D eigenvalue weighted by atomic mass is 15.0. The van der Waals surface area contributed by atoms with Gasteiger partial charge in [0.1, 0.15) is 5.82 Å². The average Bonchev–Trinajstić information content (AvgIpc) is 2.24. The van der Waals surface area contributed by atoms with Gasteiger partial charge in [0.25, 0.3) is 0 Å². The quantitative estimate of drug-likeness (QED) is 0.822. The standard InChI is InChI=1S/C13H23N3/c1-5-6-15-12-8-10(9-14)7-11(16-12)13(2,3)4/h7-8H,5-6,9,14H2,1-4H3,(H,15,16). The van der Waals surface area contributed by atoms with E-state index in [1.54, 1.807) is 0 Å². The molecule has 90 valence electrons. The zero-order valence-electron chi connectivity index (χ0n) is 10.8. The molecule has 1 heterocycles. The van der Waals surface area contributed by atoms with Crippen molar-refractivity contribution >= 4 is 5.82 Å². The highest BCUT2D eigenvalue weighted by Gasteiger charge is 2.16. The molecule has 3 N–H and O–H groups in total. The minimum absolute atomic E-state index is 0.0633. The Hall–Kier alpha value is -1.09. The molecule has 0 unspecified atom stereocenters. The van der Waals surface area contributed by atoms with Crippen molar-refractivity contribution in [3.8, 4) is 0 Å². The SMILES string of the molecule is CCCNc1cc(CN)cc(C(C)(C)C)n1. The molecule has 16 heavy (non-hydrogen) atoms. The molecule has 0 bridgehead atoms. The number of aromatic nitrogens is 1. The summed E-state index contributed by atoms with van der Waals surface area (Å²) < 4.78 is 0. The summed E-state index contributed by atoms with van der Waals surface area (Å²) in [6.45, 7) is 10.2. The minimum Gasteiger partial charge on any atom is -0.370 e. The first-order valence-corrected chi connectivity index (χ1v) is 5.92. The van der Waals surface area contributed by atoms with Gasteiger partial charge in [-0.25, -0.2) is 4.98 Å². The predicted octanol–water partition coefficient (Wildman–Crippen LogP) is 2.66. The molecule has 0 aliphatic rings. The van der Waals surface area contributed by atoms with Crippen LogP contribution in [-0.2, 0) is 12.0 Å². The van der Waals surface area contributed by atoms with Crippen molar-refractivity contribution in [1.82, 2.24) is 4.98 Å². The molecule has 0 aromatic carbocycles. The molecule has 0 saturated carbocycles. The van der Waals surface area contributed by atoms with Crippen LogP contribution in [0, 0.1) is 0 Å². The van der Waals surface area contributed by atoms with Crippen molar-refractivity contribution in [1.29, 1.82) is 0 Å². The number of anilines is 1. The molecule has 0 atom stereocenters. The largest absolute Gasteiger partial charge is 0.370 e. The molecular formula is C13H23N3. The highest BCUT2D eigenvalue weighted by molar-refractivity contribution is 5.41. The van der Waals surface area contributed by atoms with Crippen molar-refractivity contribution in [2.75, 3.05) is 11.9 Å². The van der Waals surface area contributed by atoms with Gasteiger partial charge in [0, 0.05) is 24.2 Å². The Kier molecular flexibility index (Phi) is 4.30. The molecule has 0 aliphatic carbocycles. The van der Waals surface area contributed by atoms with Crippen LogP contribution in [0.15, 0.2) is 12.1 Å². The van der Waals surface area contributed by atoms with Crippen LogP contribution in [0.5, 0.6) is 0 Å². The lowest BCUT2D eigenvalue weighted by Gasteiger charge is -2.20. The fourth-order valence-corrected chi connectivity index (χ4v) is 1.43. The maximum Gasteiger partial charge on any atom is 0.126 e. The number of hydrogen-bond acceptors (Lipinski definition) is 3. The van der Waals surface area contributed by atoms with Crippen LogP contribution in [0.3, 0.4) is 0 Å². The summed E-state index contributed by atoms with van der Waals surface area (Å²) in [5, 5.41) is 3.31. The summed E-state index contributed by atoms with van der Waals surface area (Å²) in [7, 11) is 0. The van der Waals surface area contributed by atoms with Crippen molar-refractivity contribution in [3.05, 3.63) is 23.4 Å². The molecule has 0 radical (unpaired) electrons. The summed E-state index contributed by atoms with van der Waals surface area (Å²) in [4.78, 5) is 4.62. The molecule has 3 heteroatoms. The first-order valence-electron chi connectivity index (χ1n) is 5.92. The van der Waals surface area contributed by atoms with Gasteiger partial charge in [-0.2, -0.15) is 0 Å². The first kappa shape index (κ1) is 13.0. The van der Waals surface area contributed by atoms with E-state index in [1.165, 1.54) is 0 Å². The fourth-order valence-electron chi connectivity index (χ4n) is 1.43. The van der Waals surface area contributed by atoms with Gasteiger partial charge in [0.05, 0.1) is 0 Å². The van der Waals surface area contributed by atoms with Gasteiger partial charge in [-0.05, 0) is 24.1 Å². The number of hydrogen-bond donors (Lipinski definition) is 2. The molecule has 1 aromatic heterocycles. The van der Waals surface area contributed by atoms with Gasteiger partial charge < -0.3 is 11.1 Å². The Morgan fingerprint density at radius 1 is 1.31 bits per heavy atom. The topological polar surface area (TPSA) is 50.9 Å². The van der Waals surface area contributed by atoms with E-state index in [1.807, 2.05) is 6.07 Å². The predicted molar refractivity (Wildman–Crippen MR) is 69.6 cm³/mol. The lowest BCUT2D eigenvalue weighted by atomic mass is 9.91. The number of nitrogens with two attached hydrogens (primary N) is 1. The van der Waals surface area contributed by atoms with Gasteiger partial charge in [-0.15, -0.1) is 0 Å². The van der Waals surface area contributed by atoms with E-state index in [2.05, 4.69) is 44.1 Å². The van der Waals surface area contributed by atoms with Crippen LogP contribution in [0.25, 0.3) is 0 Å². The number of nitrogens with one attached hydrogen (secondary N) is 1. The summed E-state index contributed by atoms with van der Waals surface area (Å²) in [5.41, 5.74) is 8.00. The maximum atomic E-state index is 5.70. The van der Waals surface area contributed by atoms with E-state index in [9.17, 15) is 0 Å². The van der Waals surface area contributed by atoms with E-state index in [0.29, 0.717) is 6.54 Å². The van der Waals surface area contributed by atoms with Gasteiger partial charge >= 0.3 is 0 Å². The summed E-state index contributed by atoms with van der Waals surface area (Å²) in [5.74, 6) is 0.940. The summed E-state index contributed by atoms with van der Waals surface area (Å²) in [6, 6.07) is 4.13. The molecule has 1 rings (SSSR count). The van der Waals surface area contributed by atoms with Crippen LogP contribution in [0.2, 0.25) is 0 Å². The summed E-state index contributed by atoms with van der Waals surface area (Å²) >= 11 is 0. The van der Waals surface area contributed by atoms with Gasteiger partial charge in [-0.3, -0.25) is 0 Å². The lowest BCUT2D eigenvalue weighted by molar-refractivity contribution is 0.568. The molecule has 1 aromatic rings. The zero-order chi connectivity index (χ0) is 12.2. The van der Waals surface area contributed by atoms with Crippen molar-refractivity contribution in [2.45, 2.75) is 46.1 Å². The van der Waals surface area contributed by atoms with Crippen LogP contribution in [0.1, 0.15) is 45.4 Å². The lowest BCUT2D eigenvalue weighted by Crippen LogP contribution is -2.16. The fraction of sp³-hybridized carbons (Fsp3) is 0.615. The molecule has 0 aliphatic heterocycles. The van der Waals surface area contributed by atoms with Crippen molar-refractivity contribution in [2.24, 2.45) is 5.73 Å². The van der Waals surface area contributed by atoms with E-state index < -0.39 is 0 Å². The second kappa shape index (κ2) is 5.30. The Bertz CT molecular complexity index is 340. The second-order valence-corrected chi connectivity index (χ2v) is 5.13. The Morgan fingerprint density at radius 3 is 2.50 bits per heavy atom. The molecule has 3 nitrogen and oxygen atoms in total. The number of pyridine rings is 1. The van der Waals surface area contributed by atoms with Gasteiger partial charge in [0.2, 0.25) is 0 Å². The number of rotatable bonds is 4. The second-order valence-electron chi connectivity index (χ2n) is 5.13. The third-order valence-electron chi connectivity index (χ3n) is 2.45. The van der Waals surface area contributed by atoms with Crippen LogP contribution in [-0.4, -0.2) is 11.5 Å². The van der Waals surface area contributed by atoms with Gasteiger partial charge in [0.15, 0.2) is 0 Å². The molecule has 0 fully saturated rings. The maximum absolute atomic E-state index is 5.70. The smallest absolute Gasteiger partial charge is 0.126 e. The van der Waals surface area contributed by atoms with Crippen LogP contribution in [0.4, 0.5) is 5.82 Å². The van der Waals surface area contributed by atoms with E-state index in [4.69, 9.17) is 5.73 Å². The normalized spacial score (nSPS) is 11.6. The number of nitrogens with zero attached hydrogens (tertiary/aromatic N) is 1. The third-order valence-corrected chi connectivity index (χ3v) is 2.45. The minimum atomic E-state index is 0.0633. The van der Waals surface area contributed by atoms with Crippen LogP contribution >= 0.6 is 0 Å². The zero-order valence-corrected chi connectivity index (χ0v) is 10.8. The molecule has 0 spiro atoms. The first-order chi connectivity index (χ1) is 7.47. The van der Waals surface area contributed by atoms with Crippen molar-refractivity contribution in [3.63, 3.8) is 0 Å². The van der Waals surface area contributed by atoms with Gasteiger partial charge in [-0.1, -0.05) is 27.7 Å². The van der Waals surface area contributed by atoms with E-state index in [-0.39, 0.29) is 5.41 Å². The third kappa shape index (κ3) is 3.49. The Morgan fingerprint density at radius 2 is 2.00 bits per heavy atom. The van der Waals surface area contributed by atoms with Crippen LogP contribution < -0.4 is 11.1 Å². The van der Waals surface area contributed by atoms with Crippen molar-refractivity contribution < 1.29 is 0 Å². The Labute approximate surface area is 98.5 Å². The molecule has 0 amide bonds. The van der Waals surface area contributed by atoms with E-state index >= 15 is 0 Å². The monoisotopic (exact) mass is 221 g/mol. The highest BCUT2D eigenvalue weighted by Crippen LogP contribution is 2.23.